The lowest BCUT2D eigenvalue weighted by molar-refractivity contribution is -0.385. The molecule has 9 heteroatoms. The van der Waals surface area contributed by atoms with Gasteiger partial charge in [-0.05, 0) is 25.1 Å². The molecular formula is C15H13N5O4. The summed E-state index contributed by atoms with van der Waals surface area (Å²) < 4.78 is 6.52. The fourth-order valence-corrected chi connectivity index (χ4v) is 2.24. The van der Waals surface area contributed by atoms with Gasteiger partial charge in [-0.25, -0.2) is 9.50 Å². The summed E-state index contributed by atoms with van der Waals surface area (Å²) in [6.45, 7) is 1.77. The molecule has 0 spiro atoms. The van der Waals surface area contributed by atoms with E-state index in [-0.39, 0.29) is 17.0 Å². The van der Waals surface area contributed by atoms with Crippen molar-refractivity contribution in [2.75, 3.05) is 12.4 Å². The number of fused-ring (bicyclic) bond motifs is 1. The standard InChI is InChI=1S/C15H13N5O4/c1-9-16-14-6-4-11(8-19(14)18-9)17-15(21)10-3-5-12(20(22)23)13(7-10)24-2/h3-8H,1-2H3,(H,17,21). The lowest BCUT2D eigenvalue weighted by atomic mass is 10.1. The van der Waals surface area contributed by atoms with Crippen LogP contribution in [0.4, 0.5) is 11.4 Å². The van der Waals surface area contributed by atoms with Crippen LogP contribution in [-0.4, -0.2) is 32.5 Å². The summed E-state index contributed by atoms with van der Waals surface area (Å²) in [6.07, 6.45) is 1.63. The van der Waals surface area contributed by atoms with Crippen molar-refractivity contribution in [1.82, 2.24) is 14.6 Å². The SMILES string of the molecule is COc1cc(C(=O)Nc2ccc3nc(C)nn3c2)ccc1[N+](=O)[O-]. The van der Waals surface area contributed by atoms with Gasteiger partial charge in [0.25, 0.3) is 5.91 Å². The minimum Gasteiger partial charge on any atom is -0.490 e. The molecule has 3 aromatic rings. The maximum Gasteiger partial charge on any atom is 0.310 e. The second-order valence-electron chi connectivity index (χ2n) is 4.98. The summed E-state index contributed by atoms with van der Waals surface area (Å²) >= 11 is 0. The average molecular weight is 327 g/mol. The van der Waals surface area contributed by atoms with Crippen LogP contribution in [0.2, 0.25) is 0 Å². The predicted molar refractivity (Wildman–Crippen MR) is 85.3 cm³/mol. The van der Waals surface area contributed by atoms with Gasteiger partial charge in [0.15, 0.2) is 11.4 Å². The molecule has 0 aliphatic heterocycles. The van der Waals surface area contributed by atoms with Gasteiger partial charge in [-0.3, -0.25) is 14.9 Å². The number of aromatic nitrogens is 3. The number of hydrogen-bond acceptors (Lipinski definition) is 6. The van der Waals surface area contributed by atoms with Crippen molar-refractivity contribution < 1.29 is 14.5 Å². The zero-order valence-corrected chi connectivity index (χ0v) is 12.9. The Morgan fingerprint density at radius 3 is 2.83 bits per heavy atom. The molecule has 0 aliphatic carbocycles. The molecule has 0 unspecified atom stereocenters. The summed E-state index contributed by atoms with van der Waals surface area (Å²) in [5.74, 6) is 0.230. The van der Waals surface area contributed by atoms with Gasteiger partial charge in [0.05, 0.1) is 23.9 Å². The van der Waals surface area contributed by atoms with Crippen LogP contribution >= 0.6 is 0 Å². The number of carbonyl (C=O) groups is 1. The Balaban J connectivity index is 1.86. The quantitative estimate of drug-likeness (QED) is 0.581. The molecule has 3 rings (SSSR count). The zero-order valence-electron chi connectivity index (χ0n) is 12.9. The van der Waals surface area contributed by atoms with Crippen LogP contribution in [0.15, 0.2) is 36.5 Å². The summed E-state index contributed by atoms with van der Waals surface area (Å²) in [5, 5.41) is 17.8. The number of nitrogens with one attached hydrogen (secondary N) is 1. The molecule has 0 atom stereocenters. The first-order valence-electron chi connectivity index (χ1n) is 6.95. The van der Waals surface area contributed by atoms with E-state index < -0.39 is 10.8 Å². The van der Waals surface area contributed by atoms with Crippen LogP contribution in [0.5, 0.6) is 5.75 Å². The molecular weight excluding hydrogens is 314 g/mol. The van der Waals surface area contributed by atoms with E-state index in [1.807, 2.05) is 0 Å². The van der Waals surface area contributed by atoms with Gasteiger partial charge in [-0.15, -0.1) is 0 Å². The molecule has 0 saturated carbocycles. The molecule has 2 aromatic heterocycles. The number of rotatable bonds is 4. The third-order valence-electron chi connectivity index (χ3n) is 3.33. The molecule has 24 heavy (non-hydrogen) atoms. The predicted octanol–water partition coefficient (Wildman–Crippen LogP) is 2.21. The first-order chi connectivity index (χ1) is 11.5. The summed E-state index contributed by atoms with van der Waals surface area (Å²) in [7, 11) is 1.31. The molecule has 0 fully saturated rings. The van der Waals surface area contributed by atoms with Gasteiger partial charge in [-0.2, -0.15) is 5.10 Å². The van der Waals surface area contributed by atoms with E-state index >= 15 is 0 Å². The maximum atomic E-state index is 12.3. The van der Waals surface area contributed by atoms with Gasteiger partial charge in [0.1, 0.15) is 5.82 Å². The number of nitro groups is 1. The molecule has 1 N–H and O–H groups in total. The highest BCUT2D eigenvalue weighted by molar-refractivity contribution is 6.04. The molecule has 0 bridgehead atoms. The van der Waals surface area contributed by atoms with Crippen LogP contribution in [0.25, 0.3) is 5.65 Å². The number of carbonyl (C=O) groups excluding carboxylic acids is 1. The zero-order chi connectivity index (χ0) is 17.3. The first-order valence-corrected chi connectivity index (χ1v) is 6.95. The summed E-state index contributed by atoms with van der Waals surface area (Å²) in [4.78, 5) is 26.8. The molecule has 9 nitrogen and oxygen atoms in total. The monoisotopic (exact) mass is 327 g/mol. The Bertz CT molecular complexity index is 950. The fraction of sp³-hybridized carbons (Fsp3) is 0.133. The van der Waals surface area contributed by atoms with E-state index in [1.54, 1.807) is 29.8 Å². The number of hydrogen-bond donors (Lipinski definition) is 1. The third-order valence-corrected chi connectivity index (χ3v) is 3.33. The topological polar surface area (TPSA) is 112 Å². The maximum absolute atomic E-state index is 12.3. The van der Waals surface area contributed by atoms with Crippen molar-refractivity contribution in [3.05, 3.63) is 58.0 Å². The Hall–Kier alpha value is -3.49. The van der Waals surface area contributed by atoms with Crippen LogP contribution in [0, 0.1) is 17.0 Å². The molecule has 1 aromatic carbocycles. The summed E-state index contributed by atoms with van der Waals surface area (Å²) in [5.41, 5.74) is 1.23. The van der Waals surface area contributed by atoms with Crippen molar-refractivity contribution in [3.63, 3.8) is 0 Å². The first kappa shape index (κ1) is 15.4. The normalized spacial score (nSPS) is 10.6. The van der Waals surface area contributed by atoms with E-state index in [0.29, 0.717) is 17.2 Å². The van der Waals surface area contributed by atoms with Crippen LogP contribution in [0.1, 0.15) is 16.2 Å². The van der Waals surface area contributed by atoms with Gasteiger partial charge in [-0.1, -0.05) is 0 Å². The summed E-state index contributed by atoms with van der Waals surface area (Å²) in [6, 6.07) is 7.35. The third kappa shape index (κ3) is 2.86. The molecule has 2 heterocycles. The molecule has 1 amide bonds. The van der Waals surface area contributed by atoms with Gasteiger partial charge in [0.2, 0.25) is 0 Å². The van der Waals surface area contributed by atoms with E-state index in [4.69, 9.17) is 4.74 Å². The van der Waals surface area contributed by atoms with Crippen molar-refractivity contribution in [3.8, 4) is 5.75 Å². The largest absolute Gasteiger partial charge is 0.490 e. The number of nitro benzene ring substituents is 1. The Morgan fingerprint density at radius 2 is 2.12 bits per heavy atom. The number of amides is 1. The van der Waals surface area contributed by atoms with Crippen molar-refractivity contribution in [2.45, 2.75) is 6.92 Å². The highest BCUT2D eigenvalue weighted by Gasteiger charge is 2.17. The Labute approximate surface area is 136 Å². The van der Waals surface area contributed by atoms with E-state index in [9.17, 15) is 14.9 Å². The van der Waals surface area contributed by atoms with E-state index in [0.717, 1.165) is 0 Å². The Kier molecular flexibility index (Phi) is 3.82. The number of benzene rings is 1. The number of aryl methyl sites for hydroxylation is 1. The van der Waals surface area contributed by atoms with Gasteiger partial charge >= 0.3 is 5.69 Å². The van der Waals surface area contributed by atoms with Crippen molar-refractivity contribution >= 4 is 22.9 Å². The number of nitrogens with zero attached hydrogens (tertiary/aromatic N) is 4. The van der Waals surface area contributed by atoms with Crippen LogP contribution in [-0.2, 0) is 0 Å². The lowest BCUT2D eigenvalue weighted by Crippen LogP contribution is -2.12. The Morgan fingerprint density at radius 1 is 1.33 bits per heavy atom. The molecule has 122 valence electrons. The number of anilines is 1. The van der Waals surface area contributed by atoms with Crippen LogP contribution < -0.4 is 10.1 Å². The fourth-order valence-electron chi connectivity index (χ4n) is 2.24. The smallest absolute Gasteiger partial charge is 0.310 e. The molecule has 0 saturated heterocycles. The minimum absolute atomic E-state index is 0.0232. The number of pyridine rings is 1. The molecule has 0 radical (unpaired) electrons. The van der Waals surface area contributed by atoms with Gasteiger partial charge in [0, 0.05) is 17.7 Å². The van der Waals surface area contributed by atoms with E-state index in [1.165, 1.54) is 25.3 Å². The molecule has 0 aliphatic rings. The number of methoxy groups -OCH3 is 1. The second-order valence-corrected chi connectivity index (χ2v) is 4.98. The second kappa shape index (κ2) is 5.95. The average Bonchev–Trinajstić information content (AvgIpc) is 2.93. The highest BCUT2D eigenvalue weighted by atomic mass is 16.6. The van der Waals surface area contributed by atoms with Gasteiger partial charge < -0.3 is 10.1 Å². The van der Waals surface area contributed by atoms with E-state index in [2.05, 4.69) is 15.4 Å². The van der Waals surface area contributed by atoms with Crippen molar-refractivity contribution in [2.24, 2.45) is 0 Å². The highest BCUT2D eigenvalue weighted by Crippen LogP contribution is 2.27. The van der Waals surface area contributed by atoms with Crippen LogP contribution in [0.3, 0.4) is 0 Å². The van der Waals surface area contributed by atoms with Crippen molar-refractivity contribution in [1.29, 1.82) is 0 Å². The minimum atomic E-state index is -0.568. The lowest BCUT2D eigenvalue weighted by Gasteiger charge is -2.07. The number of ether oxygens (including phenoxy) is 1.